The molecule has 0 bridgehead atoms. The summed E-state index contributed by atoms with van der Waals surface area (Å²) in [5, 5.41) is 2.94. The first kappa shape index (κ1) is 21.0. The van der Waals surface area contributed by atoms with Crippen molar-refractivity contribution in [1.82, 2.24) is 9.62 Å². The molecule has 31 heavy (non-hydrogen) atoms. The smallest absolute Gasteiger partial charge is 0.307 e. The van der Waals surface area contributed by atoms with Crippen molar-refractivity contribution in [3.63, 3.8) is 0 Å². The number of rotatable bonds is 5. The third kappa shape index (κ3) is 4.13. The number of hydrogen-bond acceptors (Lipinski definition) is 5. The number of nitrogens with zero attached hydrogens (tertiary/aromatic N) is 1. The lowest BCUT2D eigenvalue weighted by Gasteiger charge is -2.21. The Labute approximate surface area is 188 Å². The Morgan fingerprint density at radius 1 is 1.19 bits per heavy atom. The Bertz CT molecular complexity index is 1140. The predicted octanol–water partition coefficient (Wildman–Crippen LogP) is 4.25. The van der Waals surface area contributed by atoms with E-state index in [0.717, 1.165) is 60.5 Å². The summed E-state index contributed by atoms with van der Waals surface area (Å²) in [5.74, 6) is 1.01. The second kappa shape index (κ2) is 7.90. The van der Waals surface area contributed by atoms with Gasteiger partial charge in [0, 0.05) is 23.7 Å². The molecule has 1 saturated carbocycles. The van der Waals surface area contributed by atoms with Crippen LogP contribution < -0.4 is 10.0 Å². The highest BCUT2D eigenvalue weighted by Gasteiger charge is 2.33. The van der Waals surface area contributed by atoms with Crippen molar-refractivity contribution in [2.45, 2.75) is 62.1 Å². The molecule has 166 valence electrons. The Hall–Kier alpha value is -1.90. The maximum Gasteiger partial charge on any atom is 0.333 e. The second-order valence-corrected chi connectivity index (χ2v) is 12.3. The van der Waals surface area contributed by atoms with E-state index in [0.29, 0.717) is 11.8 Å². The van der Waals surface area contributed by atoms with Crippen molar-refractivity contribution in [3.05, 3.63) is 45.3 Å². The molecule has 6 nitrogen and oxygen atoms in total. The zero-order valence-corrected chi connectivity index (χ0v) is 19.7. The first-order chi connectivity index (χ1) is 14.8. The van der Waals surface area contributed by atoms with Crippen molar-refractivity contribution in [1.29, 1.82) is 0 Å². The zero-order chi connectivity index (χ0) is 21.8. The molecule has 2 amide bonds. The van der Waals surface area contributed by atoms with Crippen LogP contribution in [0.2, 0.25) is 0 Å². The molecule has 8 heteroatoms. The molecular weight excluding hydrogens is 430 g/mol. The van der Waals surface area contributed by atoms with Crippen molar-refractivity contribution >= 4 is 33.1 Å². The summed E-state index contributed by atoms with van der Waals surface area (Å²) in [7, 11) is -1.88. The number of urea groups is 1. The fourth-order valence-electron chi connectivity index (χ4n) is 4.95. The van der Waals surface area contributed by atoms with Gasteiger partial charge in [0.15, 0.2) is 0 Å². The molecule has 0 saturated heterocycles. The molecule has 3 aliphatic rings. The lowest BCUT2D eigenvalue weighted by atomic mass is 9.91. The molecule has 1 atom stereocenters. The number of aryl methyl sites for hydroxylation is 1. The molecule has 2 heterocycles. The first-order valence-corrected chi connectivity index (χ1v) is 13.4. The Balaban J connectivity index is 1.38. The van der Waals surface area contributed by atoms with Gasteiger partial charge in [-0.25, -0.2) is 17.9 Å². The predicted molar refractivity (Wildman–Crippen MR) is 123 cm³/mol. The van der Waals surface area contributed by atoms with Gasteiger partial charge < -0.3 is 10.2 Å². The van der Waals surface area contributed by atoms with Crippen LogP contribution in [0.3, 0.4) is 0 Å². The molecule has 1 aromatic heterocycles. The van der Waals surface area contributed by atoms with E-state index in [9.17, 15) is 13.2 Å². The summed E-state index contributed by atoms with van der Waals surface area (Å²) in [6, 6.07) is 5.35. The van der Waals surface area contributed by atoms with E-state index >= 15 is 0 Å². The molecule has 1 aromatic carbocycles. The van der Waals surface area contributed by atoms with Crippen LogP contribution in [0.4, 0.5) is 10.5 Å². The van der Waals surface area contributed by atoms with Crippen molar-refractivity contribution in [2.24, 2.45) is 5.92 Å². The molecule has 0 spiro atoms. The van der Waals surface area contributed by atoms with E-state index in [1.54, 1.807) is 6.07 Å². The van der Waals surface area contributed by atoms with Gasteiger partial charge >= 0.3 is 6.03 Å². The molecule has 1 unspecified atom stereocenters. The number of sulfonamides is 1. The van der Waals surface area contributed by atoms with E-state index in [1.807, 2.05) is 7.05 Å². The monoisotopic (exact) mass is 459 g/mol. The van der Waals surface area contributed by atoms with Gasteiger partial charge in [0.25, 0.3) is 10.0 Å². The van der Waals surface area contributed by atoms with Crippen molar-refractivity contribution < 1.29 is 13.2 Å². The minimum atomic E-state index is -3.90. The van der Waals surface area contributed by atoms with Crippen molar-refractivity contribution in [3.8, 4) is 0 Å². The highest BCUT2D eigenvalue weighted by Crippen LogP contribution is 2.46. The summed E-state index contributed by atoms with van der Waals surface area (Å²) in [5.41, 5.74) is 5.44. The molecule has 0 radical (unpaired) electrons. The summed E-state index contributed by atoms with van der Waals surface area (Å²) >= 11 is 1.28. The number of fused-ring (bicyclic) bond motifs is 2. The van der Waals surface area contributed by atoms with Crippen LogP contribution in [0.1, 0.15) is 59.2 Å². The molecule has 2 aliphatic carbocycles. The fourth-order valence-corrected chi connectivity index (χ4v) is 7.40. The maximum absolute atomic E-state index is 12.9. The fraction of sp³-hybridized carbons (Fsp3) is 0.522. The van der Waals surface area contributed by atoms with Gasteiger partial charge in [-0.05, 0) is 85.7 Å². The lowest BCUT2D eigenvalue weighted by Crippen LogP contribution is -2.34. The van der Waals surface area contributed by atoms with E-state index in [2.05, 4.69) is 34.0 Å². The highest BCUT2D eigenvalue weighted by molar-refractivity contribution is 7.92. The standard InChI is InChI=1S/C23H29N3O3S2/c1-14(15-6-7-15)18-9-8-16-4-3-5-19(16)22(18)24-23(27)25-31(28,29)21-12-17-13-26(2)11-10-20(17)30-21/h8-9,12,14-15H,3-7,10-11,13H2,1-2H3,(H2,24,25,27). The number of nitrogens with one attached hydrogen (secondary N) is 2. The van der Waals surface area contributed by atoms with E-state index < -0.39 is 16.1 Å². The molecule has 1 fully saturated rings. The molecule has 2 N–H and O–H groups in total. The van der Waals surface area contributed by atoms with Crippen LogP contribution in [0.15, 0.2) is 22.4 Å². The summed E-state index contributed by atoms with van der Waals surface area (Å²) < 4.78 is 28.3. The maximum atomic E-state index is 12.9. The van der Waals surface area contributed by atoms with Gasteiger partial charge in [0.05, 0.1) is 0 Å². The van der Waals surface area contributed by atoms with Gasteiger partial charge in [-0.1, -0.05) is 19.1 Å². The summed E-state index contributed by atoms with van der Waals surface area (Å²) in [6.07, 6.45) is 6.29. The Morgan fingerprint density at radius 3 is 2.77 bits per heavy atom. The minimum Gasteiger partial charge on any atom is -0.307 e. The number of anilines is 1. The quantitative estimate of drug-likeness (QED) is 0.701. The topological polar surface area (TPSA) is 78.5 Å². The first-order valence-electron chi connectivity index (χ1n) is 11.1. The molecule has 1 aliphatic heterocycles. The number of carbonyl (C=O) groups is 1. The average molecular weight is 460 g/mol. The molecule has 2 aromatic rings. The number of carbonyl (C=O) groups excluding carboxylic acids is 1. The van der Waals surface area contributed by atoms with Crippen LogP contribution in [-0.2, 0) is 35.8 Å². The number of benzene rings is 1. The van der Waals surface area contributed by atoms with Crippen LogP contribution in [-0.4, -0.2) is 32.9 Å². The van der Waals surface area contributed by atoms with Gasteiger partial charge in [-0.3, -0.25) is 0 Å². The van der Waals surface area contributed by atoms with E-state index in [-0.39, 0.29) is 4.21 Å². The third-order valence-electron chi connectivity index (χ3n) is 6.90. The van der Waals surface area contributed by atoms with E-state index in [4.69, 9.17) is 0 Å². The van der Waals surface area contributed by atoms with E-state index in [1.165, 1.54) is 35.3 Å². The van der Waals surface area contributed by atoms with Gasteiger partial charge in [-0.15, -0.1) is 11.3 Å². The number of likely N-dealkylation sites (N-methyl/N-ethyl adjacent to an activating group) is 1. The van der Waals surface area contributed by atoms with Gasteiger partial charge in [0.2, 0.25) is 0 Å². The van der Waals surface area contributed by atoms with Crippen LogP contribution in [0.25, 0.3) is 0 Å². The molecular formula is C23H29N3O3S2. The third-order valence-corrected chi connectivity index (χ3v) is 9.94. The Morgan fingerprint density at radius 2 is 2.00 bits per heavy atom. The van der Waals surface area contributed by atoms with Crippen LogP contribution in [0.5, 0.6) is 0 Å². The largest absolute Gasteiger partial charge is 0.333 e. The SMILES string of the molecule is CC(c1ccc2c(c1NC(=O)NS(=O)(=O)c1cc3c(s1)CCN(C)C3)CCC2)C1CC1. The van der Waals surface area contributed by atoms with Gasteiger partial charge in [-0.2, -0.15) is 0 Å². The van der Waals surface area contributed by atoms with Crippen LogP contribution in [0, 0.1) is 5.92 Å². The molecule has 5 rings (SSSR count). The summed E-state index contributed by atoms with van der Waals surface area (Å²) in [4.78, 5) is 16.1. The Kier molecular flexibility index (Phi) is 5.35. The summed E-state index contributed by atoms with van der Waals surface area (Å²) in [6.45, 7) is 3.87. The average Bonchev–Trinajstić information content (AvgIpc) is 3.29. The van der Waals surface area contributed by atoms with Gasteiger partial charge in [0.1, 0.15) is 4.21 Å². The number of thiophene rings is 1. The second-order valence-electron chi connectivity index (χ2n) is 9.21. The number of amides is 2. The highest BCUT2D eigenvalue weighted by atomic mass is 32.2. The van der Waals surface area contributed by atoms with Crippen LogP contribution >= 0.6 is 11.3 Å². The normalized spacial score (nSPS) is 19.5. The number of hydrogen-bond donors (Lipinski definition) is 2. The minimum absolute atomic E-state index is 0.216. The zero-order valence-electron chi connectivity index (χ0n) is 18.0. The lowest BCUT2D eigenvalue weighted by molar-refractivity contribution is 0.256. The van der Waals surface area contributed by atoms with Crippen molar-refractivity contribution in [2.75, 3.05) is 18.9 Å².